The summed E-state index contributed by atoms with van der Waals surface area (Å²) in [5.41, 5.74) is 0. The number of amides is 1. The van der Waals surface area contributed by atoms with Gasteiger partial charge in [-0.15, -0.1) is 12.4 Å². The molecule has 0 aromatic rings. The van der Waals surface area contributed by atoms with Crippen molar-refractivity contribution in [3.63, 3.8) is 0 Å². The van der Waals surface area contributed by atoms with Gasteiger partial charge in [0, 0.05) is 6.04 Å². The molecule has 1 aliphatic carbocycles. The number of halogens is 1. The Balaban J connectivity index is 0.00000144. The van der Waals surface area contributed by atoms with Gasteiger partial charge in [-0.25, -0.2) is 5.84 Å². The first kappa shape index (κ1) is 12.7. The highest BCUT2D eigenvalue weighted by Crippen LogP contribution is 2.24. The molecule has 1 fully saturated rings. The SMILES string of the molecule is CCCC(O)C(=O)N(N)C1CC1.Cl. The van der Waals surface area contributed by atoms with Gasteiger partial charge in [0.2, 0.25) is 0 Å². The largest absolute Gasteiger partial charge is 0.383 e. The van der Waals surface area contributed by atoms with E-state index in [4.69, 9.17) is 5.84 Å². The third kappa shape index (κ3) is 3.50. The van der Waals surface area contributed by atoms with Crippen molar-refractivity contribution < 1.29 is 9.90 Å². The minimum Gasteiger partial charge on any atom is -0.383 e. The lowest BCUT2D eigenvalue weighted by molar-refractivity contribution is -0.141. The molecule has 0 spiro atoms. The fraction of sp³-hybridized carbons (Fsp3) is 0.875. The molecule has 0 aliphatic heterocycles. The maximum atomic E-state index is 11.3. The number of aliphatic hydroxyl groups is 1. The molecule has 13 heavy (non-hydrogen) atoms. The highest BCUT2D eigenvalue weighted by molar-refractivity contribution is 5.85. The average Bonchev–Trinajstić information content (AvgIpc) is 2.84. The van der Waals surface area contributed by atoms with Crippen LogP contribution in [0.15, 0.2) is 0 Å². The molecule has 0 radical (unpaired) electrons. The quantitative estimate of drug-likeness (QED) is 0.400. The van der Waals surface area contributed by atoms with Gasteiger partial charge in [0.1, 0.15) is 6.10 Å². The number of rotatable bonds is 4. The fourth-order valence-electron chi connectivity index (χ4n) is 1.10. The first-order valence-corrected chi connectivity index (χ1v) is 4.42. The second-order valence-electron chi connectivity index (χ2n) is 3.28. The number of hydrazine groups is 1. The standard InChI is InChI=1S/C8H16N2O2.ClH/c1-2-3-7(11)8(12)10(9)6-4-5-6;/h6-7,11H,2-5,9H2,1H3;1H. The van der Waals surface area contributed by atoms with Gasteiger partial charge in [-0.1, -0.05) is 13.3 Å². The van der Waals surface area contributed by atoms with Crippen LogP contribution >= 0.6 is 12.4 Å². The molecule has 0 aromatic carbocycles. The highest BCUT2D eigenvalue weighted by atomic mass is 35.5. The lowest BCUT2D eigenvalue weighted by Crippen LogP contribution is -2.45. The smallest absolute Gasteiger partial charge is 0.265 e. The van der Waals surface area contributed by atoms with Crippen molar-refractivity contribution in [2.75, 3.05) is 0 Å². The number of nitrogens with zero attached hydrogens (tertiary/aromatic N) is 1. The van der Waals surface area contributed by atoms with Crippen LogP contribution in [-0.4, -0.2) is 28.2 Å². The van der Waals surface area contributed by atoms with Gasteiger partial charge in [-0.3, -0.25) is 9.80 Å². The Kier molecular flexibility index (Phi) is 5.29. The Hall–Kier alpha value is -0.320. The third-order valence-electron chi connectivity index (χ3n) is 2.04. The van der Waals surface area contributed by atoms with Crippen LogP contribution in [0.3, 0.4) is 0 Å². The summed E-state index contributed by atoms with van der Waals surface area (Å²) < 4.78 is 0. The van der Waals surface area contributed by atoms with Gasteiger partial charge in [0.15, 0.2) is 0 Å². The zero-order chi connectivity index (χ0) is 9.14. The molecule has 0 aromatic heterocycles. The molecule has 78 valence electrons. The number of nitrogens with two attached hydrogens (primary N) is 1. The first-order chi connectivity index (χ1) is 5.66. The molecule has 1 saturated carbocycles. The van der Waals surface area contributed by atoms with Crippen LogP contribution < -0.4 is 5.84 Å². The van der Waals surface area contributed by atoms with Gasteiger partial charge >= 0.3 is 0 Å². The molecule has 1 unspecified atom stereocenters. The van der Waals surface area contributed by atoms with Crippen LogP contribution in [0.1, 0.15) is 32.6 Å². The van der Waals surface area contributed by atoms with Gasteiger partial charge in [0.05, 0.1) is 0 Å². The number of hydrogen-bond donors (Lipinski definition) is 2. The van der Waals surface area contributed by atoms with Crippen molar-refractivity contribution >= 4 is 18.3 Å². The van der Waals surface area contributed by atoms with Crippen molar-refractivity contribution in [3.8, 4) is 0 Å². The minimum absolute atomic E-state index is 0. The van der Waals surface area contributed by atoms with Crippen LogP contribution in [0, 0.1) is 0 Å². The number of hydrogen-bond acceptors (Lipinski definition) is 3. The lowest BCUT2D eigenvalue weighted by atomic mass is 10.2. The zero-order valence-electron chi connectivity index (χ0n) is 7.77. The van der Waals surface area contributed by atoms with E-state index in [0.717, 1.165) is 19.3 Å². The van der Waals surface area contributed by atoms with Gasteiger partial charge < -0.3 is 5.11 Å². The van der Waals surface area contributed by atoms with Crippen molar-refractivity contribution in [2.45, 2.75) is 44.8 Å². The summed E-state index contributed by atoms with van der Waals surface area (Å²) in [4.78, 5) is 11.3. The van der Waals surface area contributed by atoms with E-state index in [1.165, 1.54) is 5.01 Å². The van der Waals surface area contributed by atoms with E-state index in [0.29, 0.717) is 6.42 Å². The monoisotopic (exact) mass is 208 g/mol. The lowest BCUT2D eigenvalue weighted by Gasteiger charge is -2.18. The summed E-state index contributed by atoms with van der Waals surface area (Å²) in [6.45, 7) is 1.93. The predicted octanol–water partition coefficient (Wildman–Crippen LogP) is 0.434. The molecule has 1 atom stereocenters. The Morgan fingerprint density at radius 3 is 2.62 bits per heavy atom. The highest BCUT2D eigenvalue weighted by Gasteiger charge is 2.32. The van der Waals surface area contributed by atoms with Gasteiger partial charge in [0.25, 0.3) is 5.91 Å². The average molecular weight is 209 g/mol. The second kappa shape index (κ2) is 5.42. The van der Waals surface area contributed by atoms with Crippen molar-refractivity contribution in [1.82, 2.24) is 5.01 Å². The number of carbonyl (C=O) groups is 1. The Labute approximate surface area is 84.5 Å². The second-order valence-corrected chi connectivity index (χ2v) is 3.28. The van der Waals surface area contributed by atoms with Crippen molar-refractivity contribution in [3.05, 3.63) is 0 Å². The molecule has 0 bridgehead atoms. The van der Waals surface area contributed by atoms with E-state index in [1.54, 1.807) is 0 Å². The summed E-state index contributed by atoms with van der Waals surface area (Å²) in [6.07, 6.45) is 2.34. The first-order valence-electron chi connectivity index (χ1n) is 4.42. The Morgan fingerprint density at radius 1 is 1.69 bits per heavy atom. The molecule has 1 amide bonds. The van der Waals surface area contributed by atoms with E-state index in [2.05, 4.69) is 0 Å². The van der Waals surface area contributed by atoms with Crippen molar-refractivity contribution in [1.29, 1.82) is 0 Å². The van der Waals surface area contributed by atoms with Gasteiger partial charge in [-0.05, 0) is 19.3 Å². The minimum atomic E-state index is -0.902. The summed E-state index contributed by atoms with van der Waals surface area (Å²) in [6, 6.07) is 0.184. The Bertz CT molecular complexity index is 174. The van der Waals surface area contributed by atoms with Crippen LogP contribution in [0.4, 0.5) is 0 Å². The molecule has 0 saturated heterocycles. The van der Waals surface area contributed by atoms with Gasteiger partial charge in [-0.2, -0.15) is 0 Å². The maximum Gasteiger partial charge on any atom is 0.265 e. The summed E-state index contributed by atoms with van der Waals surface area (Å²) in [5, 5.41) is 10.5. The fourth-order valence-corrected chi connectivity index (χ4v) is 1.10. The van der Waals surface area contributed by atoms with Crippen LogP contribution in [0.2, 0.25) is 0 Å². The van der Waals surface area contributed by atoms with Crippen LogP contribution in [0.25, 0.3) is 0 Å². The molecule has 4 nitrogen and oxygen atoms in total. The number of aliphatic hydroxyl groups excluding tert-OH is 1. The molecule has 3 N–H and O–H groups in total. The molecule has 0 heterocycles. The number of carbonyl (C=O) groups excluding carboxylic acids is 1. The topological polar surface area (TPSA) is 66.6 Å². The van der Waals surface area contributed by atoms with Crippen LogP contribution in [0.5, 0.6) is 0 Å². The van der Waals surface area contributed by atoms with E-state index < -0.39 is 6.10 Å². The molecular weight excluding hydrogens is 192 g/mol. The van der Waals surface area contributed by atoms with E-state index in [1.807, 2.05) is 6.92 Å². The maximum absolute atomic E-state index is 11.3. The Morgan fingerprint density at radius 2 is 2.23 bits per heavy atom. The normalized spacial score (nSPS) is 17.5. The molecular formula is C8H17ClN2O2. The zero-order valence-corrected chi connectivity index (χ0v) is 8.59. The third-order valence-corrected chi connectivity index (χ3v) is 2.04. The molecule has 5 heteroatoms. The van der Waals surface area contributed by atoms with E-state index in [-0.39, 0.29) is 24.4 Å². The predicted molar refractivity (Wildman–Crippen MR) is 52.2 cm³/mol. The van der Waals surface area contributed by atoms with Crippen molar-refractivity contribution in [2.24, 2.45) is 5.84 Å². The van der Waals surface area contributed by atoms with E-state index in [9.17, 15) is 9.90 Å². The van der Waals surface area contributed by atoms with Crippen LogP contribution in [-0.2, 0) is 4.79 Å². The summed E-state index contributed by atoms with van der Waals surface area (Å²) >= 11 is 0. The molecule has 1 aliphatic rings. The van der Waals surface area contributed by atoms with E-state index >= 15 is 0 Å². The molecule has 1 rings (SSSR count). The summed E-state index contributed by atoms with van der Waals surface area (Å²) in [5.74, 6) is 5.14. The summed E-state index contributed by atoms with van der Waals surface area (Å²) in [7, 11) is 0.